The summed E-state index contributed by atoms with van der Waals surface area (Å²) in [4.78, 5) is 14.9. The molecule has 21 heavy (non-hydrogen) atoms. The molecule has 3 rings (SSSR count). The first-order chi connectivity index (χ1) is 10.2. The van der Waals surface area contributed by atoms with Crippen molar-refractivity contribution in [2.75, 3.05) is 19.0 Å². The molecule has 0 aliphatic rings. The molecule has 2 nitrogen and oxygen atoms in total. The fourth-order valence-corrected chi connectivity index (χ4v) is 2.63. The Morgan fingerprint density at radius 1 is 0.810 bits per heavy atom. The molecule has 0 spiro atoms. The topological polar surface area (TPSA) is 20.3 Å². The minimum Gasteiger partial charge on any atom is -0.377 e. The van der Waals surface area contributed by atoms with Gasteiger partial charge >= 0.3 is 0 Å². The second-order valence-electron chi connectivity index (χ2n) is 5.27. The number of benzene rings is 3. The summed E-state index contributed by atoms with van der Waals surface area (Å²) in [6, 6.07) is 21.4. The molecule has 0 aromatic heterocycles. The SMILES string of the molecule is CN(C)c1cccc2cccc(C(=O)c3ccccc3)c12. The minimum atomic E-state index is 0.0653. The Kier molecular flexibility index (Phi) is 3.44. The van der Waals surface area contributed by atoms with Gasteiger partial charge in [0.25, 0.3) is 0 Å². The number of nitrogens with zero attached hydrogens (tertiary/aromatic N) is 1. The Morgan fingerprint density at radius 3 is 2.14 bits per heavy atom. The summed E-state index contributed by atoms with van der Waals surface area (Å²) in [6.45, 7) is 0. The Labute approximate surface area is 124 Å². The Hall–Kier alpha value is -2.61. The number of carbonyl (C=O) groups excluding carboxylic acids is 1. The van der Waals surface area contributed by atoms with Gasteiger partial charge in [0.05, 0.1) is 0 Å². The lowest BCUT2D eigenvalue weighted by Crippen LogP contribution is -2.11. The maximum atomic E-state index is 12.8. The summed E-state index contributed by atoms with van der Waals surface area (Å²) in [5.41, 5.74) is 2.54. The van der Waals surface area contributed by atoms with Crippen LogP contribution in [-0.4, -0.2) is 19.9 Å². The van der Waals surface area contributed by atoms with Gasteiger partial charge in [-0.2, -0.15) is 0 Å². The molecule has 0 aliphatic heterocycles. The van der Waals surface area contributed by atoms with Gasteiger partial charge in [-0.1, -0.05) is 60.7 Å². The van der Waals surface area contributed by atoms with Crippen LogP contribution in [0.3, 0.4) is 0 Å². The van der Waals surface area contributed by atoms with E-state index in [9.17, 15) is 4.79 Å². The van der Waals surface area contributed by atoms with Crippen molar-refractivity contribution < 1.29 is 4.79 Å². The van der Waals surface area contributed by atoms with Crippen LogP contribution in [0.5, 0.6) is 0 Å². The number of rotatable bonds is 3. The summed E-state index contributed by atoms with van der Waals surface area (Å²) < 4.78 is 0. The third kappa shape index (κ3) is 2.40. The van der Waals surface area contributed by atoms with Gasteiger partial charge in [0.1, 0.15) is 0 Å². The zero-order valence-electron chi connectivity index (χ0n) is 12.2. The summed E-state index contributed by atoms with van der Waals surface area (Å²) in [5.74, 6) is 0.0653. The van der Waals surface area contributed by atoms with Crippen molar-refractivity contribution in [1.82, 2.24) is 0 Å². The van der Waals surface area contributed by atoms with Gasteiger partial charge in [0.15, 0.2) is 5.78 Å². The van der Waals surface area contributed by atoms with E-state index in [-0.39, 0.29) is 5.78 Å². The first kappa shape index (κ1) is 13.4. The van der Waals surface area contributed by atoms with Crippen LogP contribution in [0.25, 0.3) is 10.8 Å². The minimum absolute atomic E-state index is 0.0653. The molecule has 0 amide bonds. The number of fused-ring (bicyclic) bond motifs is 1. The van der Waals surface area contributed by atoms with Crippen molar-refractivity contribution in [3.8, 4) is 0 Å². The average Bonchev–Trinajstić information content (AvgIpc) is 2.53. The first-order valence-corrected chi connectivity index (χ1v) is 6.97. The van der Waals surface area contributed by atoms with Gasteiger partial charge in [0, 0.05) is 36.3 Å². The van der Waals surface area contributed by atoms with E-state index in [0.29, 0.717) is 0 Å². The van der Waals surface area contributed by atoms with Crippen LogP contribution in [-0.2, 0) is 0 Å². The summed E-state index contributed by atoms with van der Waals surface area (Å²) in [6.07, 6.45) is 0. The molecule has 0 bridgehead atoms. The molecule has 0 fully saturated rings. The zero-order chi connectivity index (χ0) is 14.8. The zero-order valence-corrected chi connectivity index (χ0v) is 12.2. The van der Waals surface area contributed by atoms with Crippen LogP contribution >= 0.6 is 0 Å². The fraction of sp³-hybridized carbons (Fsp3) is 0.105. The molecule has 0 N–H and O–H groups in total. The molecule has 0 atom stereocenters. The number of ketones is 1. The Bertz CT molecular complexity index is 786. The van der Waals surface area contributed by atoms with E-state index >= 15 is 0 Å². The van der Waals surface area contributed by atoms with Crippen LogP contribution in [0.2, 0.25) is 0 Å². The molecule has 104 valence electrons. The standard InChI is InChI=1S/C19H17NO/c1-20(2)17-13-7-11-14-10-6-12-16(18(14)17)19(21)15-8-4-3-5-9-15/h3-13H,1-2H3. The highest BCUT2D eigenvalue weighted by Crippen LogP contribution is 2.30. The quantitative estimate of drug-likeness (QED) is 0.670. The van der Waals surface area contributed by atoms with Crippen LogP contribution in [0.4, 0.5) is 5.69 Å². The second kappa shape index (κ2) is 5.41. The molecule has 0 unspecified atom stereocenters. The maximum absolute atomic E-state index is 12.8. The molecule has 0 saturated carbocycles. The van der Waals surface area contributed by atoms with Gasteiger partial charge in [0.2, 0.25) is 0 Å². The average molecular weight is 275 g/mol. The fourth-order valence-electron chi connectivity index (χ4n) is 2.63. The van der Waals surface area contributed by atoms with Gasteiger partial charge in [-0.05, 0) is 11.5 Å². The highest BCUT2D eigenvalue weighted by Gasteiger charge is 2.15. The first-order valence-electron chi connectivity index (χ1n) is 6.97. The summed E-state index contributed by atoms with van der Waals surface area (Å²) >= 11 is 0. The molecule has 0 aliphatic carbocycles. The van der Waals surface area contributed by atoms with Crippen LogP contribution in [0, 0.1) is 0 Å². The van der Waals surface area contributed by atoms with E-state index in [1.54, 1.807) is 0 Å². The maximum Gasteiger partial charge on any atom is 0.193 e. The normalized spacial score (nSPS) is 10.6. The number of carbonyl (C=O) groups is 1. The van der Waals surface area contributed by atoms with Crippen LogP contribution < -0.4 is 4.90 Å². The third-order valence-electron chi connectivity index (χ3n) is 3.65. The lowest BCUT2D eigenvalue weighted by Gasteiger charge is -2.17. The molecule has 3 aromatic rings. The summed E-state index contributed by atoms with van der Waals surface area (Å²) in [7, 11) is 4.00. The van der Waals surface area contributed by atoms with E-state index < -0.39 is 0 Å². The third-order valence-corrected chi connectivity index (χ3v) is 3.65. The van der Waals surface area contributed by atoms with Gasteiger partial charge in [-0.15, -0.1) is 0 Å². The predicted octanol–water partition coefficient (Wildman–Crippen LogP) is 4.14. The lowest BCUT2D eigenvalue weighted by molar-refractivity contribution is 0.104. The van der Waals surface area contributed by atoms with Crippen molar-refractivity contribution in [3.63, 3.8) is 0 Å². The molecular weight excluding hydrogens is 258 g/mol. The monoisotopic (exact) mass is 275 g/mol. The molecule has 2 heteroatoms. The highest BCUT2D eigenvalue weighted by molar-refractivity contribution is 6.19. The van der Waals surface area contributed by atoms with E-state index in [1.807, 2.05) is 85.7 Å². The van der Waals surface area contributed by atoms with E-state index in [1.165, 1.54) is 0 Å². The van der Waals surface area contributed by atoms with Crippen molar-refractivity contribution in [1.29, 1.82) is 0 Å². The Balaban J connectivity index is 2.26. The second-order valence-corrected chi connectivity index (χ2v) is 5.27. The van der Waals surface area contributed by atoms with E-state index in [4.69, 9.17) is 0 Å². The smallest absolute Gasteiger partial charge is 0.193 e. The number of hydrogen-bond acceptors (Lipinski definition) is 2. The lowest BCUT2D eigenvalue weighted by atomic mass is 9.96. The van der Waals surface area contributed by atoms with Gasteiger partial charge < -0.3 is 4.90 Å². The van der Waals surface area contributed by atoms with Gasteiger partial charge in [-0.3, -0.25) is 4.79 Å². The molecular formula is C19H17NO. The number of anilines is 1. The largest absolute Gasteiger partial charge is 0.377 e. The number of hydrogen-bond donors (Lipinski definition) is 0. The van der Waals surface area contributed by atoms with Crippen LogP contribution in [0.1, 0.15) is 15.9 Å². The summed E-state index contributed by atoms with van der Waals surface area (Å²) in [5, 5.41) is 2.10. The van der Waals surface area contributed by atoms with Crippen molar-refractivity contribution in [3.05, 3.63) is 77.9 Å². The predicted molar refractivity (Wildman–Crippen MR) is 88.1 cm³/mol. The van der Waals surface area contributed by atoms with Crippen molar-refractivity contribution in [2.24, 2.45) is 0 Å². The molecule has 0 saturated heterocycles. The molecule has 0 radical (unpaired) electrons. The van der Waals surface area contributed by atoms with Crippen molar-refractivity contribution >= 4 is 22.2 Å². The van der Waals surface area contributed by atoms with Crippen LogP contribution in [0.15, 0.2) is 66.7 Å². The van der Waals surface area contributed by atoms with Gasteiger partial charge in [-0.25, -0.2) is 0 Å². The molecule has 0 heterocycles. The Morgan fingerprint density at radius 2 is 1.48 bits per heavy atom. The van der Waals surface area contributed by atoms with E-state index in [0.717, 1.165) is 27.6 Å². The highest BCUT2D eigenvalue weighted by atomic mass is 16.1. The van der Waals surface area contributed by atoms with Crippen molar-refractivity contribution in [2.45, 2.75) is 0 Å². The van der Waals surface area contributed by atoms with E-state index in [2.05, 4.69) is 0 Å². The molecule has 3 aromatic carbocycles.